The van der Waals surface area contributed by atoms with Gasteiger partial charge < -0.3 is 4.57 Å². The van der Waals surface area contributed by atoms with Crippen LogP contribution < -0.4 is 5.56 Å². The Morgan fingerprint density at radius 3 is 2.67 bits per heavy atom. The van der Waals surface area contributed by atoms with Gasteiger partial charge in [0, 0.05) is 16.4 Å². The summed E-state index contributed by atoms with van der Waals surface area (Å²) in [6, 6.07) is 24.0. The third kappa shape index (κ3) is 3.25. The molecule has 0 saturated carbocycles. The first-order valence-corrected chi connectivity index (χ1v) is 10.3. The Morgan fingerprint density at radius 1 is 0.967 bits per heavy atom. The minimum atomic E-state index is -0.195. The molecule has 0 N–H and O–H groups in total. The Kier molecular flexibility index (Phi) is 4.56. The molecule has 30 heavy (non-hydrogen) atoms. The molecule has 2 heterocycles. The minimum absolute atomic E-state index is 0.195. The zero-order valence-electron chi connectivity index (χ0n) is 16.2. The third-order valence-electron chi connectivity index (χ3n) is 5.07. The highest BCUT2D eigenvalue weighted by molar-refractivity contribution is 9.10. The van der Waals surface area contributed by atoms with Gasteiger partial charge in [-0.3, -0.25) is 4.79 Å². The SMILES string of the molecule is Cc1nc2ccc(Br)cc2c(=O)n1N=Cc1cccn1-c1ccc2ccccc2c1. The van der Waals surface area contributed by atoms with Crippen molar-refractivity contribution in [2.45, 2.75) is 6.92 Å². The summed E-state index contributed by atoms with van der Waals surface area (Å²) in [4.78, 5) is 17.5. The summed E-state index contributed by atoms with van der Waals surface area (Å²) in [6.45, 7) is 1.78. The highest BCUT2D eigenvalue weighted by Gasteiger charge is 2.08. The molecule has 0 aliphatic heterocycles. The lowest BCUT2D eigenvalue weighted by Gasteiger charge is -2.09. The summed E-state index contributed by atoms with van der Waals surface area (Å²) in [6.07, 6.45) is 3.67. The highest BCUT2D eigenvalue weighted by Crippen LogP contribution is 2.20. The molecule has 0 fully saturated rings. The number of aromatic nitrogens is 3. The molecule has 0 aliphatic rings. The smallest absolute Gasteiger partial charge is 0.282 e. The van der Waals surface area contributed by atoms with Gasteiger partial charge in [0.2, 0.25) is 0 Å². The average molecular weight is 457 g/mol. The van der Waals surface area contributed by atoms with Crippen LogP contribution >= 0.6 is 15.9 Å². The first-order chi connectivity index (χ1) is 14.6. The second-order valence-electron chi connectivity index (χ2n) is 7.02. The molecule has 0 radical (unpaired) electrons. The van der Waals surface area contributed by atoms with Crippen LogP contribution in [0, 0.1) is 6.92 Å². The quantitative estimate of drug-likeness (QED) is 0.346. The molecule has 5 aromatic rings. The van der Waals surface area contributed by atoms with Crippen LogP contribution in [0.15, 0.2) is 93.4 Å². The van der Waals surface area contributed by atoms with Crippen molar-refractivity contribution in [3.05, 3.63) is 105 Å². The van der Waals surface area contributed by atoms with Crippen LogP contribution in [0.3, 0.4) is 0 Å². The highest BCUT2D eigenvalue weighted by atomic mass is 79.9. The molecule has 0 atom stereocenters. The number of halogens is 1. The fourth-order valence-electron chi connectivity index (χ4n) is 3.57. The number of rotatable bonds is 3. The van der Waals surface area contributed by atoms with E-state index in [4.69, 9.17) is 0 Å². The van der Waals surface area contributed by atoms with Gasteiger partial charge in [0.1, 0.15) is 5.82 Å². The lowest BCUT2D eigenvalue weighted by molar-refractivity contribution is 0.770. The van der Waals surface area contributed by atoms with Crippen molar-refractivity contribution < 1.29 is 0 Å². The predicted molar refractivity (Wildman–Crippen MR) is 125 cm³/mol. The van der Waals surface area contributed by atoms with Crippen LogP contribution in [0.2, 0.25) is 0 Å². The van der Waals surface area contributed by atoms with Gasteiger partial charge in [-0.1, -0.05) is 46.3 Å². The molecule has 0 bridgehead atoms. The van der Waals surface area contributed by atoms with Gasteiger partial charge in [0.05, 0.1) is 22.8 Å². The van der Waals surface area contributed by atoms with E-state index in [2.05, 4.69) is 56.3 Å². The first kappa shape index (κ1) is 18.5. The summed E-state index contributed by atoms with van der Waals surface area (Å²) in [5, 5.41) is 7.34. The fraction of sp³-hybridized carbons (Fsp3) is 0.0417. The third-order valence-corrected chi connectivity index (χ3v) is 5.56. The molecule has 0 spiro atoms. The summed E-state index contributed by atoms with van der Waals surface area (Å²) in [5.41, 5.74) is 2.36. The van der Waals surface area contributed by atoms with E-state index in [9.17, 15) is 4.79 Å². The molecule has 0 saturated heterocycles. The Balaban J connectivity index is 1.57. The van der Waals surface area contributed by atoms with E-state index >= 15 is 0 Å². The maximum atomic E-state index is 12.9. The van der Waals surface area contributed by atoms with Crippen molar-refractivity contribution in [3.63, 3.8) is 0 Å². The molecule has 3 aromatic carbocycles. The van der Waals surface area contributed by atoms with Crippen LogP contribution in [0.1, 0.15) is 11.5 Å². The summed E-state index contributed by atoms with van der Waals surface area (Å²) < 4.78 is 4.21. The van der Waals surface area contributed by atoms with Crippen LogP contribution in [0.5, 0.6) is 0 Å². The van der Waals surface area contributed by atoms with E-state index in [1.54, 1.807) is 19.2 Å². The van der Waals surface area contributed by atoms with Gasteiger partial charge in [-0.15, -0.1) is 0 Å². The summed E-state index contributed by atoms with van der Waals surface area (Å²) in [5.74, 6) is 0.537. The Labute approximate surface area is 181 Å². The largest absolute Gasteiger partial charge is 0.316 e. The van der Waals surface area contributed by atoms with Crippen molar-refractivity contribution in [3.8, 4) is 5.69 Å². The second kappa shape index (κ2) is 7.39. The molecule has 6 heteroatoms. The lowest BCUT2D eigenvalue weighted by Crippen LogP contribution is -2.20. The zero-order valence-corrected chi connectivity index (χ0v) is 17.7. The van der Waals surface area contributed by atoms with Crippen molar-refractivity contribution in [1.82, 2.24) is 14.2 Å². The van der Waals surface area contributed by atoms with E-state index in [1.807, 2.05) is 47.2 Å². The topological polar surface area (TPSA) is 52.2 Å². The zero-order chi connectivity index (χ0) is 20.7. The predicted octanol–water partition coefficient (Wildman–Crippen LogP) is 5.29. The van der Waals surface area contributed by atoms with E-state index < -0.39 is 0 Å². The molecule has 5 rings (SSSR count). The summed E-state index contributed by atoms with van der Waals surface area (Å²) in [7, 11) is 0. The first-order valence-electron chi connectivity index (χ1n) is 9.50. The monoisotopic (exact) mass is 456 g/mol. The van der Waals surface area contributed by atoms with Crippen molar-refractivity contribution in [1.29, 1.82) is 0 Å². The molecule has 0 unspecified atom stereocenters. The molecule has 0 amide bonds. The van der Waals surface area contributed by atoms with Crippen LogP contribution in [-0.2, 0) is 0 Å². The number of nitrogens with zero attached hydrogens (tertiary/aromatic N) is 4. The molecular weight excluding hydrogens is 440 g/mol. The maximum absolute atomic E-state index is 12.9. The van der Waals surface area contributed by atoms with Gasteiger partial charge in [0.25, 0.3) is 5.56 Å². The molecule has 2 aromatic heterocycles. The number of hydrogen-bond donors (Lipinski definition) is 0. The fourth-order valence-corrected chi connectivity index (χ4v) is 3.93. The number of benzene rings is 3. The van der Waals surface area contributed by atoms with Crippen LogP contribution in [0.4, 0.5) is 0 Å². The standard InChI is InChI=1S/C24H17BrN4O/c1-16-27-23-11-9-19(25)14-22(23)24(30)29(16)26-15-21-7-4-12-28(21)20-10-8-17-5-2-3-6-18(17)13-20/h2-15H,1H3. The Morgan fingerprint density at radius 2 is 1.80 bits per heavy atom. The van der Waals surface area contributed by atoms with Crippen LogP contribution in [0.25, 0.3) is 27.4 Å². The van der Waals surface area contributed by atoms with Gasteiger partial charge in [-0.05, 0) is 60.2 Å². The molecule has 5 nitrogen and oxygen atoms in total. The van der Waals surface area contributed by atoms with Crippen molar-refractivity contribution in [2.24, 2.45) is 5.10 Å². The van der Waals surface area contributed by atoms with E-state index in [1.165, 1.54) is 15.4 Å². The van der Waals surface area contributed by atoms with Crippen molar-refractivity contribution >= 4 is 43.8 Å². The van der Waals surface area contributed by atoms with Gasteiger partial charge in [-0.2, -0.15) is 9.78 Å². The average Bonchev–Trinajstić information content (AvgIpc) is 3.22. The molecule has 0 aliphatic carbocycles. The van der Waals surface area contributed by atoms with Gasteiger partial charge in [-0.25, -0.2) is 4.98 Å². The molecule has 146 valence electrons. The van der Waals surface area contributed by atoms with E-state index in [0.29, 0.717) is 16.7 Å². The van der Waals surface area contributed by atoms with Crippen molar-refractivity contribution in [2.75, 3.05) is 0 Å². The minimum Gasteiger partial charge on any atom is -0.316 e. The molecular formula is C24H17BrN4O. The summed E-state index contributed by atoms with van der Waals surface area (Å²) >= 11 is 3.41. The maximum Gasteiger partial charge on any atom is 0.282 e. The van der Waals surface area contributed by atoms with Crippen LogP contribution in [-0.4, -0.2) is 20.4 Å². The Bertz CT molecular complexity index is 1500. The number of hydrogen-bond acceptors (Lipinski definition) is 3. The lowest BCUT2D eigenvalue weighted by atomic mass is 10.1. The normalized spacial score (nSPS) is 11.7. The van der Waals surface area contributed by atoms with E-state index in [-0.39, 0.29) is 5.56 Å². The number of aryl methyl sites for hydroxylation is 1. The Hall–Kier alpha value is -3.51. The van der Waals surface area contributed by atoms with Gasteiger partial charge >= 0.3 is 0 Å². The second-order valence-corrected chi connectivity index (χ2v) is 7.93. The number of fused-ring (bicyclic) bond motifs is 2. The van der Waals surface area contributed by atoms with Gasteiger partial charge in [0.15, 0.2) is 0 Å². The van der Waals surface area contributed by atoms with E-state index in [0.717, 1.165) is 15.9 Å².